The number of rotatable bonds is 5. The first-order chi connectivity index (χ1) is 11.6. The zero-order valence-corrected chi connectivity index (χ0v) is 13.4. The van der Waals surface area contributed by atoms with E-state index in [9.17, 15) is 9.59 Å². The van der Waals surface area contributed by atoms with E-state index < -0.39 is 5.91 Å². The van der Waals surface area contributed by atoms with Crippen LogP contribution in [0.4, 0.5) is 0 Å². The summed E-state index contributed by atoms with van der Waals surface area (Å²) < 4.78 is 0. The van der Waals surface area contributed by atoms with Gasteiger partial charge in [0, 0.05) is 30.1 Å². The van der Waals surface area contributed by atoms with E-state index in [1.54, 1.807) is 42.9 Å². The standard InChI is InChI=1S/C17H14N4O2S/c18-15(22)12-3-5-13(6-4-12)17-21-10-14(24-17)16(23)20-9-11-2-1-7-19-8-11/h1-8,10H,9H2,(H2,18,22)(H,20,23). The van der Waals surface area contributed by atoms with E-state index in [2.05, 4.69) is 15.3 Å². The van der Waals surface area contributed by atoms with Gasteiger partial charge in [0.05, 0.1) is 6.20 Å². The molecule has 3 N–H and O–H groups in total. The number of hydrogen-bond donors (Lipinski definition) is 2. The van der Waals surface area contributed by atoms with Gasteiger partial charge in [-0.15, -0.1) is 11.3 Å². The number of primary amides is 1. The zero-order valence-electron chi connectivity index (χ0n) is 12.6. The maximum absolute atomic E-state index is 12.2. The average Bonchev–Trinajstić information content (AvgIpc) is 3.11. The van der Waals surface area contributed by atoms with Gasteiger partial charge in [-0.2, -0.15) is 0 Å². The van der Waals surface area contributed by atoms with Crippen LogP contribution in [0, 0.1) is 0 Å². The molecular formula is C17H14N4O2S. The van der Waals surface area contributed by atoms with E-state index in [1.165, 1.54) is 11.3 Å². The highest BCUT2D eigenvalue weighted by molar-refractivity contribution is 7.16. The third-order valence-electron chi connectivity index (χ3n) is 3.32. The Hall–Kier alpha value is -3.06. The molecule has 0 unspecified atom stereocenters. The van der Waals surface area contributed by atoms with Crippen molar-refractivity contribution in [1.82, 2.24) is 15.3 Å². The van der Waals surface area contributed by atoms with Gasteiger partial charge in [0.15, 0.2) is 0 Å². The average molecular weight is 338 g/mol. The van der Waals surface area contributed by atoms with Gasteiger partial charge in [-0.05, 0) is 23.8 Å². The Morgan fingerprint density at radius 3 is 2.58 bits per heavy atom. The number of nitrogens with one attached hydrogen (secondary N) is 1. The Balaban J connectivity index is 1.68. The van der Waals surface area contributed by atoms with Crippen molar-refractivity contribution in [3.05, 3.63) is 71.0 Å². The molecule has 0 saturated heterocycles. The molecule has 6 nitrogen and oxygen atoms in total. The molecular weight excluding hydrogens is 324 g/mol. The Bertz CT molecular complexity index is 860. The highest BCUT2D eigenvalue weighted by Crippen LogP contribution is 2.25. The van der Waals surface area contributed by atoms with Gasteiger partial charge in [0.2, 0.25) is 5.91 Å². The molecule has 0 atom stereocenters. The van der Waals surface area contributed by atoms with Crippen molar-refractivity contribution in [1.29, 1.82) is 0 Å². The SMILES string of the molecule is NC(=O)c1ccc(-c2ncc(C(=O)NCc3cccnc3)s2)cc1. The van der Waals surface area contributed by atoms with Crippen LogP contribution in [0.1, 0.15) is 25.6 Å². The lowest BCUT2D eigenvalue weighted by Gasteiger charge is -2.02. The van der Waals surface area contributed by atoms with Gasteiger partial charge in [0.25, 0.3) is 5.91 Å². The molecule has 0 bridgehead atoms. The normalized spacial score (nSPS) is 10.3. The second-order valence-corrected chi connectivity index (χ2v) is 6.05. The van der Waals surface area contributed by atoms with Gasteiger partial charge >= 0.3 is 0 Å². The largest absolute Gasteiger partial charge is 0.366 e. The summed E-state index contributed by atoms with van der Waals surface area (Å²) in [6, 6.07) is 10.5. The number of nitrogens with two attached hydrogens (primary N) is 1. The molecule has 0 aliphatic carbocycles. The molecule has 0 saturated carbocycles. The van der Waals surface area contributed by atoms with Crippen LogP contribution in [0.5, 0.6) is 0 Å². The van der Waals surface area contributed by atoms with Gasteiger partial charge < -0.3 is 11.1 Å². The fourth-order valence-corrected chi connectivity index (χ4v) is 2.90. The van der Waals surface area contributed by atoms with Crippen LogP contribution in [-0.2, 0) is 6.54 Å². The van der Waals surface area contributed by atoms with Crippen LogP contribution < -0.4 is 11.1 Å². The van der Waals surface area contributed by atoms with E-state index in [0.29, 0.717) is 22.0 Å². The number of benzene rings is 1. The van der Waals surface area contributed by atoms with Crippen molar-refractivity contribution in [3.8, 4) is 10.6 Å². The fraction of sp³-hybridized carbons (Fsp3) is 0.0588. The van der Waals surface area contributed by atoms with E-state index in [0.717, 1.165) is 11.1 Å². The van der Waals surface area contributed by atoms with Crippen LogP contribution in [0.25, 0.3) is 10.6 Å². The molecule has 0 spiro atoms. The summed E-state index contributed by atoms with van der Waals surface area (Å²) >= 11 is 1.29. The highest BCUT2D eigenvalue weighted by atomic mass is 32.1. The summed E-state index contributed by atoms with van der Waals surface area (Å²) in [5.74, 6) is -0.660. The topological polar surface area (TPSA) is 98.0 Å². The first-order valence-electron chi connectivity index (χ1n) is 7.16. The van der Waals surface area contributed by atoms with Crippen LogP contribution in [0.15, 0.2) is 55.0 Å². The predicted molar refractivity (Wildman–Crippen MR) is 91.5 cm³/mol. The summed E-state index contributed by atoms with van der Waals surface area (Å²) in [6.45, 7) is 0.410. The Labute approximate surface area is 142 Å². The zero-order chi connectivity index (χ0) is 16.9. The highest BCUT2D eigenvalue weighted by Gasteiger charge is 2.12. The molecule has 3 rings (SSSR count). The molecule has 24 heavy (non-hydrogen) atoms. The molecule has 2 aromatic heterocycles. The van der Waals surface area contributed by atoms with Gasteiger partial charge in [-0.1, -0.05) is 18.2 Å². The van der Waals surface area contributed by atoms with Gasteiger partial charge in [-0.25, -0.2) is 4.98 Å². The minimum Gasteiger partial charge on any atom is -0.366 e. The summed E-state index contributed by atoms with van der Waals surface area (Å²) in [6.07, 6.45) is 4.93. The van der Waals surface area contributed by atoms with Crippen molar-refractivity contribution in [2.24, 2.45) is 5.73 Å². The van der Waals surface area contributed by atoms with Gasteiger partial charge in [0.1, 0.15) is 9.88 Å². The number of hydrogen-bond acceptors (Lipinski definition) is 5. The maximum Gasteiger partial charge on any atom is 0.263 e. The minimum atomic E-state index is -0.476. The number of thiazole rings is 1. The molecule has 1 aromatic carbocycles. The second-order valence-electron chi connectivity index (χ2n) is 5.02. The number of nitrogens with zero attached hydrogens (tertiary/aromatic N) is 2. The lowest BCUT2D eigenvalue weighted by Crippen LogP contribution is -2.21. The number of carbonyl (C=O) groups excluding carboxylic acids is 2. The van der Waals surface area contributed by atoms with Crippen LogP contribution in [0.2, 0.25) is 0 Å². The summed E-state index contributed by atoms with van der Waals surface area (Å²) in [5, 5.41) is 3.54. The van der Waals surface area contributed by atoms with E-state index in [1.807, 2.05) is 12.1 Å². The third-order valence-corrected chi connectivity index (χ3v) is 4.37. The number of aromatic nitrogens is 2. The molecule has 7 heteroatoms. The predicted octanol–water partition coefficient (Wildman–Crippen LogP) is 2.23. The molecule has 0 aliphatic heterocycles. The van der Waals surface area contributed by atoms with Crippen molar-refractivity contribution in [2.45, 2.75) is 6.54 Å². The first-order valence-corrected chi connectivity index (χ1v) is 7.98. The van der Waals surface area contributed by atoms with Gasteiger partial charge in [-0.3, -0.25) is 14.6 Å². The molecule has 2 amide bonds. The van der Waals surface area contributed by atoms with Crippen molar-refractivity contribution < 1.29 is 9.59 Å². The lowest BCUT2D eigenvalue weighted by atomic mass is 10.1. The molecule has 2 heterocycles. The molecule has 0 fully saturated rings. The monoisotopic (exact) mass is 338 g/mol. The number of pyridine rings is 1. The summed E-state index contributed by atoms with van der Waals surface area (Å²) in [5.41, 5.74) is 7.41. The summed E-state index contributed by atoms with van der Waals surface area (Å²) in [4.78, 5) is 32.1. The first kappa shape index (κ1) is 15.8. The quantitative estimate of drug-likeness (QED) is 0.745. The smallest absolute Gasteiger partial charge is 0.263 e. The molecule has 120 valence electrons. The van der Waals surface area contributed by atoms with Crippen molar-refractivity contribution in [2.75, 3.05) is 0 Å². The Kier molecular flexibility index (Phi) is 4.62. The second kappa shape index (κ2) is 7.01. The third kappa shape index (κ3) is 3.64. The van der Waals surface area contributed by atoms with Crippen LogP contribution in [-0.4, -0.2) is 21.8 Å². The van der Waals surface area contributed by atoms with Crippen molar-refractivity contribution >= 4 is 23.2 Å². The lowest BCUT2D eigenvalue weighted by molar-refractivity contribution is 0.0953. The van der Waals surface area contributed by atoms with Crippen molar-refractivity contribution in [3.63, 3.8) is 0 Å². The molecule has 3 aromatic rings. The minimum absolute atomic E-state index is 0.184. The van der Waals surface area contributed by atoms with E-state index in [4.69, 9.17) is 5.73 Å². The van der Waals surface area contributed by atoms with Crippen LogP contribution in [0.3, 0.4) is 0 Å². The van der Waals surface area contributed by atoms with E-state index in [-0.39, 0.29) is 5.91 Å². The number of carbonyl (C=O) groups is 2. The molecule has 0 radical (unpaired) electrons. The Morgan fingerprint density at radius 2 is 1.92 bits per heavy atom. The maximum atomic E-state index is 12.2. The fourth-order valence-electron chi connectivity index (χ4n) is 2.06. The summed E-state index contributed by atoms with van der Waals surface area (Å²) in [7, 11) is 0. The number of amides is 2. The molecule has 0 aliphatic rings. The van der Waals surface area contributed by atoms with E-state index >= 15 is 0 Å². The Morgan fingerprint density at radius 1 is 1.12 bits per heavy atom. The van der Waals surface area contributed by atoms with Crippen LogP contribution >= 0.6 is 11.3 Å².